The summed E-state index contributed by atoms with van der Waals surface area (Å²) in [6.07, 6.45) is 2.32. The highest BCUT2D eigenvalue weighted by molar-refractivity contribution is 7.09. The van der Waals surface area contributed by atoms with Crippen molar-refractivity contribution in [3.05, 3.63) is 76.1 Å². The number of nitrogens with one attached hydrogen (secondary N) is 1. The molecule has 0 spiro atoms. The van der Waals surface area contributed by atoms with Gasteiger partial charge in [0.15, 0.2) is 0 Å². The van der Waals surface area contributed by atoms with Gasteiger partial charge >= 0.3 is 0 Å². The second-order valence-corrected chi connectivity index (χ2v) is 8.57. The SMILES string of the molecule is Cc1nc(-c2ccc(CCNC(=O)C3CCCN3C(=O)c3ccccc3)cc2)cs1. The van der Waals surface area contributed by atoms with Gasteiger partial charge < -0.3 is 10.2 Å². The van der Waals surface area contributed by atoms with E-state index in [4.69, 9.17) is 0 Å². The predicted molar refractivity (Wildman–Crippen MR) is 120 cm³/mol. The molecule has 1 fully saturated rings. The van der Waals surface area contributed by atoms with Crippen LogP contribution in [-0.2, 0) is 11.2 Å². The third kappa shape index (κ3) is 4.60. The third-order valence-corrected chi connectivity index (χ3v) is 6.19. The second kappa shape index (κ2) is 9.22. The molecule has 6 heteroatoms. The molecular formula is C24H25N3O2S. The Hall–Kier alpha value is -2.99. The van der Waals surface area contributed by atoms with Crippen molar-refractivity contribution in [3.63, 3.8) is 0 Å². The van der Waals surface area contributed by atoms with Gasteiger partial charge in [0.05, 0.1) is 10.7 Å². The van der Waals surface area contributed by atoms with Crippen molar-refractivity contribution in [1.29, 1.82) is 0 Å². The monoisotopic (exact) mass is 419 g/mol. The van der Waals surface area contributed by atoms with Crippen molar-refractivity contribution in [2.75, 3.05) is 13.1 Å². The Kier molecular flexibility index (Phi) is 6.23. The van der Waals surface area contributed by atoms with Crippen molar-refractivity contribution >= 4 is 23.2 Å². The van der Waals surface area contributed by atoms with Crippen LogP contribution in [0.25, 0.3) is 11.3 Å². The molecule has 2 amide bonds. The summed E-state index contributed by atoms with van der Waals surface area (Å²) in [5.74, 6) is -0.132. The van der Waals surface area contributed by atoms with Crippen LogP contribution in [-0.4, -0.2) is 40.8 Å². The van der Waals surface area contributed by atoms with Gasteiger partial charge in [0.2, 0.25) is 5.91 Å². The first-order valence-electron chi connectivity index (χ1n) is 10.3. The van der Waals surface area contributed by atoms with Gasteiger partial charge in [-0.25, -0.2) is 4.98 Å². The second-order valence-electron chi connectivity index (χ2n) is 7.51. The van der Waals surface area contributed by atoms with Crippen molar-refractivity contribution in [1.82, 2.24) is 15.2 Å². The normalized spacial score (nSPS) is 15.9. The lowest BCUT2D eigenvalue weighted by atomic mass is 10.1. The number of nitrogens with zero attached hydrogens (tertiary/aromatic N) is 2. The molecule has 0 bridgehead atoms. The molecule has 1 aromatic heterocycles. The molecule has 2 aromatic carbocycles. The lowest BCUT2D eigenvalue weighted by Gasteiger charge is -2.24. The van der Waals surface area contributed by atoms with E-state index in [9.17, 15) is 9.59 Å². The summed E-state index contributed by atoms with van der Waals surface area (Å²) in [5, 5.41) is 6.14. The number of thiazole rings is 1. The first-order chi connectivity index (χ1) is 14.6. The Labute approximate surface area is 180 Å². The largest absolute Gasteiger partial charge is 0.354 e. The molecule has 1 saturated heterocycles. The first-order valence-corrected chi connectivity index (χ1v) is 11.1. The van der Waals surface area contributed by atoms with Crippen molar-refractivity contribution in [2.24, 2.45) is 0 Å². The molecule has 2 heterocycles. The van der Waals surface area contributed by atoms with Gasteiger partial charge in [-0.05, 0) is 43.9 Å². The molecule has 0 aliphatic carbocycles. The lowest BCUT2D eigenvalue weighted by molar-refractivity contribution is -0.124. The Balaban J connectivity index is 1.30. The molecule has 3 aromatic rings. The van der Waals surface area contributed by atoms with Crippen LogP contribution in [0, 0.1) is 6.92 Å². The standard InChI is InChI=1S/C24H25N3O2S/c1-17-26-21(16-30-17)19-11-9-18(10-12-19)13-14-25-23(28)22-8-5-15-27(22)24(29)20-6-3-2-4-7-20/h2-4,6-7,9-12,16,22H,5,8,13-15H2,1H3,(H,25,28). The summed E-state index contributed by atoms with van der Waals surface area (Å²) < 4.78 is 0. The molecule has 5 nitrogen and oxygen atoms in total. The van der Waals surface area contributed by atoms with Gasteiger partial charge in [0, 0.05) is 29.6 Å². The summed E-state index contributed by atoms with van der Waals surface area (Å²) in [4.78, 5) is 31.7. The molecule has 0 radical (unpaired) electrons. The number of aryl methyl sites for hydroxylation is 1. The van der Waals surface area contributed by atoms with Crippen LogP contribution >= 0.6 is 11.3 Å². The van der Waals surface area contributed by atoms with Crippen LogP contribution < -0.4 is 5.32 Å². The molecule has 1 N–H and O–H groups in total. The van der Waals surface area contributed by atoms with Gasteiger partial charge in [-0.3, -0.25) is 9.59 Å². The van der Waals surface area contributed by atoms with E-state index >= 15 is 0 Å². The van der Waals surface area contributed by atoms with Gasteiger partial charge in [0.25, 0.3) is 5.91 Å². The number of hydrogen-bond acceptors (Lipinski definition) is 4. The Morgan fingerprint density at radius 3 is 2.60 bits per heavy atom. The zero-order valence-corrected chi connectivity index (χ0v) is 17.8. The highest BCUT2D eigenvalue weighted by atomic mass is 32.1. The fraction of sp³-hybridized carbons (Fsp3) is 0.292. The van der Waals surface area contributed by atoms with E-state index in [2.05, 4.69) is 39.9 Å². The van der Waals surface area contributed by atoms with E-state index in [1.54, 1.807) is 28.4 Å². The van der Waals surface area contributed by atoms with Crippen LogP contribution in [0.4, 0.5) is 0 Å². The molecule has 0 saturated carbocycles. The maximum absolute atomic E-state index is 12.7. The lowest BCUT2D eigenvalue weighted by Crippen LogP contribution is -2.46. The zero-order valence-electron chi connectivity index (χ0n) is 17.0. The fourth-order valence-electron chi connectivity index (χ4n) is 3.81. The molecular weight excluding hydrogens is 394 g/mol. The van der Waals surface area contributed by atoms with E-state index in [1.807, 2.05) is 25.1 Å². The maximum atomic E-state index is 12.7. The van der Waals surface area contributed by atoms with E-state index in [0.29, 0.717) is 25.1 Å². The molecule has 154 valence electrons. The predicted octanol–water partition coefficient (Wildman–Crippen LogP) is 4.08. The number of hydrogen-bond donors (Lipinski definition) is 1. The molecule has 30 heavy (non-hydrogen) atoms. The summed E-state index contributed by atoms with van der Waals surface area (Å²) >= 11 is 1.65. The van der Waals surface area contributed by atoms with Gasteiger partial charge in [-0.15, -0.1) is 11.3 Å². The van der Waals surface area contributed by atoms with Crippen LogP contribution in [0.15, 0.2) is 60.0 Å². The minimum atomic E-state index is -0.381. The third-order valence-electron chi connectivity index (χ3n) is 5.42. The highest BCUT2D eigenvalue weighted by Gasteiger charge is 2.34. The van der Waals surface area contributed by atoms with E-state index in [1.165, 1.54) is 0 Å². The summed E-state index contributed by atoms with van der Waals surface area (Å²) in [6, 6.07) is 17.1. The van der Waals surface area contributed by atoms with Crippen molar-refractivity contribution < 1.29 is 9.59 Å². The zero-order chi connectivity index (χ0) is 20.9. The van der Waals surface area contributed by atoms with E-state index in [-0.39, 0.29) is 17.9 Å². The van der Waals surface area contributed by atoms with Crippen LogP contribution in [0.1, 0.15) is 33.8 Å². The first kappa shape index (κ1) is 20.3. The number of rotatable bonds is 6. The Morgan fingerprint density at radius 2 is 1.90 bits per heavy atom. The van der Waals surface area contributed by atoms with E-state index in [0.717, 1.165) is 34.7 Å². The Bertz CT molecular complexity index is 1010. The summed E-state index contributed by atoms with van der Waals surface area (Å²) in [5.41, 5.74) is 3.90. The summed E-state index contributed by atoms with van der Waals surface area (Å²) in [6.45, 7) is 3.19. The van der Waals surface area contributed by atoms with Crippen molar-refractivity contribution in [3.8, 4) is 11.3 Å². The topological polar surface area (TPSA) is 62.3 Å². The Morgan fingerprint density at radius 1 is 1.13 bits per heavy atom. The average molecular weight is 420 g/mol. The van der Waals surface area contributed by atoms with Gasteiger partial charge in [-0.1, -0.05) is 42.5 Å². The molecule has 4 rings (SSSR count). The summed E-state index contributed by atoms with van der Waals surface area (Å²) in [7, 11) is 0. The average Bonchev–Trinajstić information content (AvgIpc) is 3.44. The number of benzene rings is 2. The van der Waals surface area contributed by atoms with Gasteiger partial charge in [0.1, 0.15) is 6.04 Å². The van der Waals surface area contributed by atoms with Crippen LogP contribution in [0.5, 0.6) is 0 Å². The number of likely N-dealkylation sites (tertiary alicyclic amines) is 1. The number of aromatic nitrogens is 1. The number of carbonyl (C=O) groups excluding carboxylic acids is 2. The van der Waals surface area contributed by atoms with E-state index < -0.39 is 0 Å². The highest BCUT2D eigenvalue weighted by Crippen LogP contribution is 2.22. The molecule has 1 aliphatic rings. The smallest absolute Gasteiger partial charge is 0.254 e. The number of amides is 2. The maximum Gasteiger partial charge on any atom is 0.254 e. The number of carbonyl (C=O) groups is 2. The molecule has 1 unspecified atom stereocenters. The minimum Gasteiger partial charge on any atom is -0.354 e. The fourth-order valence-corrected chi connectivity index (χ4v) is 4.44. The molecule has 1 atom stereocenters. The minimum absolute atomic E-state index is 0.0636. The van der Waals surface area contributed by atoms with Crippen molar-refractivity contribution in [2.45, 2.75) is 32.2 Å². The molecule has 1 aliphatic heterocycles. The van der Waals surface area contributed by atoms with Crippen LogP contribution in [0.2, 0.25) is 0 Å². The van der Waals surface area contributed by atoms with Gasteiger partial charge in [-0.2, -0.15) is 0 Å². The quantitative estimate of drug-likeness (QED) is 0.655. The van der Waals surface area contributed by atoms with Crippen LogP contribution in [0.3, 0.4) is 0 Å².